The normalized spacial score (nSPS) is 21.3. The van der Waals surface area contributed by atoms with Crippen molar-refractivity contribution in [3.05, 3.63) is 35.6 Å². The Morgan fingerprint density at radius 1 is 1.43 bits per heavy atom. The number of halogens is 1. The molecule has 0 radical (unpaired) electrons. The first kappa shape index (κ1) is 15.4. The first-order valence-electron chi connectivity index (χ1n) is 6.98. The van der Waals surface area contributed by atoms with Gasteiger partial charge in [-0.15, -0.1) is 0 Å². The molecule has 1 fully saturated rings. The second-order valence-electron chi connectivity index (χ2n) is 5.33. The Labute approximate surface area is 122 Å². The highest BCUT2D eigenvalue weighted by Crippen LogP contribution is 2.18. The van der Waals surface area contributed by atoms with Crippen LogP contribution in [0.2, 0.25) is 0 Å². The topological polar surface area (TPSA) is 78.4 Å². The van der Waals surface area contributed by atoms with Gasteiger partial charge < -0.3 is 15.7 Å². The van der Waals surface area contributed by atoms with Crippen LogP contribution in [0.1, 0.15) is 31.4 Å². The number of hydrogen-bond acceptors (Lipinski definition) is 3. The van der Waals surface area contributed by atoms with Gasteiger partial charge in [-0.2, -0.15) is 0 Å². The first-order chi connectivity index (χ1) is 9.97. The van der Waals surface area contributed by atoms with Crippen molar-refractivity contribution < 1.29 is 19.1 Å². The fraction of sp³-hybridized carbons (Fsp3) is 0.467. The molecule has 6 heteroatoms. The maximum atomic E-state index is 12.8. The van der Waals surface area contributed by atoms with Gasteiger partial charge in [0.2, 0.25) is 11.8 Å². The Hall–Kier alpha value is -1.95. The van der Waals surface area contributed by atoms with Crippen molar-refractivity contribution in [3.8, 4) is 0 Å². The fourth-order valence-corrected chi connectivity index (χ4v) is 2.33. The summed E-state index contributed by atoms with van der Waals surface area (Å²) in [5, 5.41) is 15.6. The number of benzene rings is 1. The number of amides is 2. The van der Waals surface area contributed by atoms with Crippen molar-refractivity contribution in [2.45, 2.75) is 31.9 Å². The van der Waals surface area contributed by atoms with E-state index in [2.05, 4.69) is 10.6 Å². The molecule has 0 aliphatic carbocycles. The van der Waals surface area contributed by atoms with Crippen LogP contribution in [0.3, 0.4) is 0 Å². The highest BCUT2D eigenvalue weighted by molar-refractivity contribution is 5.83. The molecule has 3 N–H and O–H groups in total. The number of aliphatic hydroxyl groups excluding tert-OH is 1. The molecule has 21 heavy (non-hydrogen) atoms. The fourth-order valence-electron chi connectivity index (χ4n) is 2.33. The molecule has 1 aromatic rings. The van der Waals surface area contributed by atoms with Crippen LogP contribution < -0.4 is 10.6 Å². The zero-order valence-corrected chi connectivity index (χ0v) is 11.8. The molecule has 2 amide bonds. The molecule has 1 aliphatic rings. The lowest BCUT2D eigenvalue weighted by atomic mass is 9.97. The highest BCUT2D eigenvalue weighted by Gasteiger charge is 2.27. The summed E-state index contributed by atoms with van der Waals surface area (Å²) in [6.07, 6.45) is -0.0583. The molecule has 1 aliphatic heterocycles. The average Bonchev–Trinajstić information content (AvgIpc) is 2.47. The summed E-state index contributed by atoms with van der Waals surface area (Å²) >= 11 is 0. The maximum Gasteiger partial charge on any atom is 0.225 e. The van der Waals surface area contributed by atoms with E-state index >= 15 is 0 Å². The SMILES string of the molecule is CC(NC(=O)C1CCC(=O)NC1)C(O)c1ccc(F)cc1. The van der Waals surface area contributed by atoms with Crippen molar-refractivity contribution in [1.29, 1.82) is 0 Å². The Kier molecular flexibility index (Phi) is 4.90. The Bertz CT molecular complexity index is 508. The predicted molar refractivity (Wildman–Crippen MR) is 74.7 cm³/mol. The molecular weight excluding hydrogens is 275 g/mol. The lowest BCUT2D eigenvalue weighted by Crippen LogP contribution is -2.46. The molecule has 0 spiro atoms. The summed E-state index contributed by atoms with van der Waals surface area (Å²) < 4.78 is 12.8. The van der Waals surface area contributed by atoms with Gasteiger partial charge in [-0.05, 0) is 31.0 Å². The van der Waals surface area contributed by atoms with Crippen LogP contribution in [-0.4, -0.2) is 29.5 Å². The van der Waals surface area contributed by atoms with Gasteiger partial charge in [0.15, 0.2) is 0 Å². The minimum absolute atomic E-state index is 0.0431. The Morgan fingerprint density at radius 3 is 2.67 bits per heavy atom. The predicted octanol–water partition coefficient (Wildman–Crippen LogP) is 0.890. The van der Waals surface area contributed by atoms with E-state index in [-0.39, 0.29) is 23.5 Å². The summed E-state index contributed by atoms with van der Waals surface area (Å²) in [5.41, 5.74) is 0.543. The van der Waals surface area contributed by atoms with Crippen molar-refractivity contribution in [3.63, 3.8) is 0 Å². The average molecular weight is 294 g/mol. The van der Waals surface area contributed by atoms with E-state index in [4.69, 9.17) is 0 Å². The van der Waals surface area contributed by atoms with E-state index in [0.717, 1.165) is 0 Å². The third-order valence-electron chi connectivity index (χ3n) is 3.69. The molecular formula is C15H19FN2O3. The van der Waals surface area contributed by atoms with Gasteiger partial charge >= 0.3 is 0 Å². The van der Waals surface area contributed by atoms with Crippen LogP contribution in [0.4, 0.5) is 4.39 Å². The molecule has 1 heterocycles. The molecule has 0 saturated carbocycles. The number of carbonyl (C=O) groups excluding carboxylic acids is 2. The van der Waals surface area contributed by atoms with Crippen molar-refractivity contribution in [2.24, 2.45) is 5.92 Å². The van der Waals surface area contributed by atoms with E-state index in [0.29, 0.717) is 24.9 Å². The number of piperidine rings is 1. The van der Waals surface area contributed by atoms with Gasteiger partial charge in [0.25, 0.3) is 0 Å². The van der Waals surface area contributed by atoms with Gasteiger partial charge in [-0.1, -0.05) is 12.1 Å². The Morgan fingerprint density at radius 2 is 2.10 bits per heavy atom. The summed E-state index contributed by atoms with van der Waals surface area (Å²) in [6, 6.07) is 5.01. The molecule has 3 atom stereocenters. The monoisotopic (exact) mass is 294 g/mol. The van der Waals surface area contributed by atoms with Gasteiger partial charge in [-0.25, -0.2) is 4.39 Å². The smallest absolute Gasteiger partial charge is 0.225 e. The summed E-state index contributed by atoms with van der Waals surface area (Å²) in [6.45, 7) is 2.01. The molecule has 114 valence electrons. The van der Waals surface area contributed by atoms with E-state index in [9.17, 15) is 19.1 Å². The minimum atomic E-state index is -0.910. The van der Waals surface area contributed by atoms with Crippen molar-refractivity contribution >= 4 is 11.8 Å². The van der Waals surface area contributed by atoms with Gasteiger partial charge in [-0.3, -0.25) is 9.59 Å². The third-order valence-corrected chi connectivity index (χ3v) is 3.69. The zero-order chi connectivity index (χ0) is 15.4. The summed E-state index contributed by atoms with van der Waals surface area (Å²) in [5.74, 6) is -0.881. The standard InChI is InChI=1S/C15H19FN2O3/c1-9(14(20)10-2-5-12(16)6-3-10)18-15(21)11-4-7-13(19)17-8-11/h2-3,5-6,9,11,14,20H,4,7-8H2,1H3,(H,17,19)(H,18,21). The third kappa shape index (κ3) is 4.01. The first-order valence-corrected chi connectivity index (χ1v) is 6.98. The van der Waals surface area contributed by atoms with Gasteiger partial charge in [0.05, 0.1) is 18.1 Å². The van der Waals surface area contributed by atoms with Crippen LogP contribution in [-0.2, 0) is 9.59 Å². The summed E-state index contributed by atoms with van der Waals surface area (Å²) in [7, 11) is 0. The van der Waals surface area contributed by atoms with Gasteiger partial charge in [0.1, 0.15) is 5.82 Å². The minimum Gasteiger partial charge on any atom is -0.386 e. The molecule has 2 rings (SSSR count). The van der Waals surface area contributed by atoms with Crippen LogP contribution in [0.15, 0.2) is 24.3 Å². The summed E-state index contributed by atoms with van der Waals surface area (Å²) in [4.78, 5) is 23.1. The van der Waals surface area contributed by atoms with Gasteiger partial charge in [0, 0.05) is 13.0 Å². The van der Waals surface area contributed by atoms with Crippen molar-refractivity contribution in [2.75, 3.05) is 6.54 Å². The lowest BCUT2D eigenvalue weighted by molar-refractivity contribution is -0.129. The number of nitrogens with one attached hydrogen (secondary N) is 2. The second-order valence-corrected chi connectivity index (χ2v) is 5.33. The molecule has 5 nitrogen and oxygen atoms in total. The van der Waals surface area contributed by atoms with Crippen LogP contribution in [0.25, 0.3) is 0 Å². The number of hydrogen-bond donors (Lipinski definition) is 3. The largest absolute Gasteiger partial charge is 0.386 e. The molecule has 0 aromatic heterocycles. The number of rotatable bonds is 4. The van der Waals surface area contributed by atoms with Crippen LogP contribution >= 0.6 is 0 Å². The van der Waals surface area contributed by atoms with Crippen LogP contribution in [0, 0.1) is 11.7 Å². The number of aliphatic hydroxyl groups is 1. The molecule has 0 bridgehead atoms. The quantitative estimate of drug-likeness (QED) is 0.771. The van der Waals surface area contributed by atoms with E-state index in [1.807, 2.05) is 0 Å². The molecule has 1 aromatic carbocycles. The zero-order valence-electron chi connectivity index (χ0n) is 11.8. The Balaban J connectivity index is 1.91. The molecule has 3 unspecified atom stereocenters. The van der Waals surface area contributed by atoms with E-state index in [1.54, 1.807) is 6.92 Å². The second kappa shape index (κ2) is 6.67. The number of carbonyl (C=O) groups is 2. The van der Waals surface area contributed by atoms with Crippen molar-refractivity contribution in [1.82, 2.24) is 10.6 Å². The molecule has 1 saturated heterocycles. The maximum absolute atomic E-state index is 12.8. The van der Waals surface area contributed by atoms with E-state index < -0.39 is 12.1 Å². The highest BCUT2D eigenvalue weighted by atomic mass is 19.1. The van der Waals surface area contributed by atoms with E-state index in [1.165, 1.54) is 24.3 Å². The van der Waals surface area contributed by atoms with Crippen LogP contribution in [0.5, 0.6) is 0 Å². The lowest BCUT2D eigenvalue weighted by Gasteiger charge is -2.26.